The molecule has 4 N–H and O–H groups in total. The van der Waals surface area contributed by atoms with Gasteiger partial charge >= 0.3 is 5.97 Å². The maximum atomic E-state index is 11.8. The van der Waals surface area contributed by atoms with E-state index in [4.69, 9.17) is 5.11 Å². The molecule has 0 atom stereocenters. The average molecular weight is 314 g/mol. The third kappa shape index (κ3) is 4.53. The number of rotatable bonds is 4. The lowest BCUT2D eigenvalue weighted by Crippen LogP contribution is -2.41. The fourth-order valence-electron chi connectivity index (χ4n) is 1.68. The molecule has 0 unspecified atom stereocenters. The normalized spacial score (nSPS) is 10.5. The van der Waals surface area contributed by atoms with Crippen LogP contribution >= 0.6 is 0 Å². The number of aliphatic carboxylic acids is 1. The number of benzene rings is 1. The number of aromatic nitrogens is 2. The summed E-state index contributed by atoms with van der Waals surface area (Å²) in [6.07, 6.45) is 1.44. The highest BCUT2D eigenvalue weighted by atomic mass is 16.4. The van der Waals surface area contributed by atoms with E-state index in [0.29, 0.717) is 11.8 Å². The van der Waals surface area contributed by atoms with E-state index in [-0.39, 0.29) is 5.69 Å². The van der Waals surface area contributed by atoms with Crippen molar-refractivity contribution in [3.8, 4) is 11.3 Å². The van der Waals surface area contributed by atoms with Gasteiger partial charge in [-0.2, -0.15) is 5.10 Å². The van der Waals surface area contributed by atoms with Crippen molar-refractivity contribution in [2.45, 2.75) is 6.92 Å². The standard InChI is InChI=1S/C15H14N4O4/c1-9-2-4-10(5-3-9)11-8-12(17-16-11)15(23)19-18-13(20)6-7-14(21)22/h2-8H,1H3,(H,16,17)(H,18,20)(H,19,23)(H,21,22). The maximum Gasteiger partial charge on any atom is 0.328 e. The molecule has 0 radical (unpaired) electrons. The van der Waals surface area contributed by atoms with Crippen LogP contribution in [0.5, 0.6) is 0 Å². The number of nitrogens with zero attached hydrogens (tertiary/aromatic N) is 1. The summed E-state index contributed by atoms with van der Waals surface area (Å²) in [7, 11) is 0. The van der Waals surface area contributed by atoms with Gasteiger partial charge in [-0.15, -0.1) is 0 Å². The fourth-order valence-corrected chi connectivity index (χ4v) is 1.68. The van der Waals surface area contributed by atoms with Crippen LogP contribution in [0.2, 0.25) is 0 Å². The number of hydrogen-bond donors (Lipinski definition) is 4. The highest BCUT2D eigenvalue weighted by molar-refractivity contribution is 5.97. The van der Waals surface area contributed by atoms with Gasteiger partial charge in [-0.3, -0.25) is 25.5 Å². The molecule has 0 fully saturated rings. The van der Waals surface area contributed by atoms with Crippen molar-refractivity contribution in [1.82, 2.24) is 21.0 Å². The highest BCUT2D eigenvalue weighted by Crippen LogP contribution is 2.17. The minimum absolute atomic E-state index is 0.156. The van der Waals surface area contributed by atoms with Crippen molar-refractivity contribution in [1.29, 1.82) is 0 Å². The summed E-state index contributed by atoms with van der Waals surface area (Å²) in [4.78, 5) is 33.3. The smallest absolute Gasteiger partial charge is 0.328 e. The number of nitrogens with one attached hydrogen (secondary N) is 3. The van der Waals surface area contributed by atoms with Crippen LogP contribution < -0.4 is 10.9 Å². The van der Waals surface area contributed by atoms with Crippen LogP contribution in [-0.2, 0) is 9.59 Å². The highest BCUT2D eigenvalue weighted by Gasteiger charge is 2.11. The second kappa shape index (κ2) is 7.03. The molecule has 1 aromatic heterocycles. The van der Waals surface area contributed by atoms with E-state index in [1.54, 1.807) is 6.07 Å². The molecule has 1 aromatic carbocycles. The van der Waals surface area contributed by atoms with Crippen LogP contribution in [-0.4, -0.2) is 33.1 Å². The Kier molecular flexibility index (Phi) is 4.88. The van der Waals surface area contributed by atoms with Crippen LogP contribution in [0.15, 0.2) is 42.5 Å². The quantitative estimate of drug-likeness (QED) is 0.490. The molecular weight excluding hydrogens is 300 g/mol. The molecule has 2 rings (SSSR count). The number of H-pyrrole nitrogens is 1. The van der Waals surface area contributed by atoms with Gasteiger partial charge in [0.1, 0.15) is 5.69 Å². The summed E-state index contributed by atoms with van der Waals surface area (Å²) in [5.74, 6) is -2.63. The first-order chi connectivity index (χ1) is 11.0. The van der Waals surface area contributed by atoms with Crippen molar-refractivity contribution in [2.24, 2.45) is 0 Å². The number of amides is 2. The Morgan fingerprint density at radius 2 is 1.83 bits per heavy atom. The fraction of sp³-hybridized carbons (Fsp3) is 0.0667. The number of hydrogen-bond acceptors (Lipinski definition) is 4. The van der Waals surface area contributed by atoms with Gasteiger partial charge in [0.2, 0.25) is 0 Å². The summed E-state index contributed by atoms with van der Waals surface area (Å²) >= 11 is 0. The zero-order valence-electron chi connectivity index (χ0n) is 12.2. The van der Waals surface area contributed by atoms with Gasteiger partial charge in [0.05, 0.1) is 5.69 Å². The summed E-state index contributed by atoms with van der Waals surface area (Å²) < 4.78 is 0. The summed E-state index contributed by atoms with van der Waals surface area (Å²) in [6, 6.07) is 9.16. The molecule has 0 bridgehead atoms. The minimum atomic E-state index is -1.26. The molecular formula is C15H14N4O4. The van der Waals surface area contributed by atoms with Crippen LogP contribution in [0.4, 0.5) is 0 Å². The zero-order valence-corrected chi connectivity index (χ0v) is 12.2. The van der Waals surface area contributed by atoms with Gasteiger partial charge in [0, 0.05) is 17.7 Å². The second-order valence-corrected chi connectivity index (χ2v) is 4.65. The van der Waals surface area contributed by atoms with E-state index in [1.807, 2.05) is 31.2 Å². The first kappa shape index (κ1) is 16.0. The third-order valence-corrected chi connectivity index (χ3v) is 2.85. The maximum absolute atomic E-state index is 11.8. The Morgan fingerprint density at radius 3 is 2.48 bits per heavy atom. The summed E-state index contributed by atoms with van der Waals surface area (Å²) in [5, 5.41) is 15.0. The predicted molar refractivity (Wildman–Crippen MR) is 81.1 cm³/mol. The molecule has 0 aliphatic heterocycles. The lowest BCUT2D eigenvalue weighted by molar-refractivity contribution is -0.131. The Hall–Kier alpha value is -3.42. The third-order valence-electron chi connectivity index (χ3n) is 2.85. The van der Waals surface area contributed by atoms with Gasteiger partial charge in [-0.05, 0) is 13.0 Å². The first-order valence-electron chi connectivity index (χ1n) is 6.59. The van der Waals surface area contributed by atoms with Crippen LogP contribution in [0.3, 0.4) is 0 Å². The molecule has 0 aliphatic rings. The molecule has 0 aliphatic carbocycles. The number of hydrazine groups is 1. The lowest BCUT2D eigenvalue weighted by atomic mass is 10.1. The van der Waals surface area contributed by atoms with Crippen molar-refractivity contribution in [3.05, 3.63) is 53.7 Å². The number of carbonyl (C=O) groups is 3. The SMILES string of the molecule is Cc1ccc(-c2cc(C(=O)NNC(=O)C=CC(=O)O)[nH]n2)cc1. The number of carboxylic acids is 1. The minimum Gasteiger partial charge on any atom is -0.478 e. The monoisotopic (exact) mass is 314 g/mol. The van der Waals surface area contributed by atoms with Crippen molar-refractivity contribution in [3.63, 3.8) is 0 Å². The molecule has 2 amide bonds. The average Bonchev–Trinajstić information content (AvgIpc) is 3.01. The number of carboxylic acid groups (broad SMARTS) is 1. The van der Waals surface area contributed by atoms with Gasteiger partial charge in [0.15, 0.2) is 0 Å². The Morgan fingerprint density at radius 1 is 1.13 bits per heavy atom. The van der Waals surface area contributed by atoms with Crippen molar-refractivity contribution >= 4 is 17.8 Å². The topological polar surface area (TPSA) is 124 Å². The number of aromatic amines is 1. The molecule has 2 aromatic rings. The predicted octanol–water partition coefficient (Wildman–Crippen LogP) is 0.787. The van der Waals surface area contributed by atoms with Gasteiger partial charge in [-0.1, -0.05) is 29.8 Å². The van der Waals surface area contributed by atoms with Gasteiger partial charge in [-0.25, -0.2) is 4.79 Å². The van der Waals surface area contributed by atoms with Crippen molar-refractivity contribution in [2.75, 3.05) is 0 Å². The first-order valence-corrected chi connectivity index (χ1v) is 6.59. The van der Waals surface area contributed by atoms with E-state index < -0.39 is 17.8 Å². The molecule has 0 spiro atoms. The summed E-state index contributed by atoms with van der Waals surface area (Å²) in [6.45, 7) is 1.97. The molecule has 118 valence electrons. The van der Waals surface area contributed by atoms with Crippen molar-refractivity contribution < 1.29 is 19.5 Å². The van der Waals surface area contributed by atoms with Crippen LogP contribution in [0, 0.1) is 6.92 Å². The largest absolute Gasteiger partial charge is 0.478 e. The second-order valence-electron chi connectivity index (χ2n) is 4.65. The number of aryl methyl sites for hydroxylation is 1. The number of carbonyl (C=O) groups excluding carboxylic acids is 2. The molecule has 8 heteroatoms. The van der Waals surface area contributed by atoms with Gasteiger partial charge < -0.3 is 5.11 Å². The molecule has 8 nitrogen and oxygen atoms in total. The Balaban J connectivity index is 1.97. The van der Waals surface area contributed by atoms with E-state index in [9.17, 15) is 14.4 Å². The lowest BCUT2D eigenvalue weighted by Gasteiger charge is -2.02. The van der Waals surface area contributed by atoms with Crippen LogP contribution in [0.25, 0.3) is 11.3 Å². The van der Waals surface area contributed by atoms with E-state index >= 15 is 0 Å². The molecule has 23 heavy (non-hydrogen) atoms. The molecule has 0 saturated carbocycles. The zero-order chi connectivity index (χ0) is 16.8. The molecule has 0 saturated heterocycles. The van der Waals surface area contributed by atoms with E-state index in [0.717, 1.165) is 17.2 Å². The summed E-state index contributed by atoms with van der Waals surface area (Å²) in [5.41, 5.74) is 6.90. The van der Waals surface area contributed by atoms with Crippen LogP contribution in [0.1, 0.15) is 16.1 Å². The van der Waals surface area contributed by atoms with Gasteiger partial charge in [0.25, 0.3) is 11.8 Å². The molecule has 1 heterocycles. The van der Waals surface area contributed by atoms with E-state index in [2.05, 4.69) is 21.0 Å². The Bertz CT molecular complexity index is 762. The van der Waals surface area contributed by atoms with E-state index in [1.165, 1.54) is 0 Å². The Labute approximate surface area is 131 Å².